The first kappa shape index (κ1) is 22.2. The van der Waals surface area contributed by atoms with Gasteiger partial charge in [-0.05, 0) is 30.3 Å². The van der Waals surface area contributed by atoms with Crippen molar-refractivity contribution < 1.29 is 23.1 Å². The lowest BCUT2D eigenvalue weighted by Gasteiger charge is -2.12. The van der Waals surface area contributed by atoms with Gasteiger partial charge in [0, 0.05) is 31.0 Å². The molecule has 33 heavy (non-hydrogen) atoms. The molecule has 0 aliphatic rings. The number of carbonyl (C=O) groups is 1. The molecule has 4 rings (SSSR count). The lowest BCUT2D eigenvalue weighted by Crippen LogP contribution is -2.24. The van der Waals surface area contributed by atoms with Crippen LogP contribution in [0.1, 0.15) is 15.9 Å². The molecule has 0 saturated heterocycles. The van der Waals surface area contributed by atoms with E-state index < -0.39 is 5.82 Å². The molecule has 0 atom stereocenters. The van der Waals surface area contributed by atoms with Crippen LogP contribution in [0.4, 0.5) is 4.39 Å². The molecule has 0 saturated carbocycles. The van der Waals surface area contributed by atoms with Gasteiger partial charge < -0.3 is 19.2 Å². The van der Waals surface area contributed by atoms with Crippen LogP contribution in [0, 0.1) is 5.82 Å². The number of halogens is 1. The second kappa shape index (κ2) is 10.5. The van der Waals surface area contributed by atoms with Crippen LogP contribution < -0.4 is 10.1 Å². The van der Waals surface area contributed by atoms with Crippen LogP contribution in [0.15, 0.2) is 77.5 Å². The number of carbonyl (C=O) groups excluding carboxylic acids is 1. The standard InChI is InChI=1S/C25H22FN3O4/c1-31-13-14-32-24-17(7-6-12-27-24)15-28-23(30)18-8-2-3-9-19(18)25-29-16-22(33-25)20-10-4-5-11-21(20)26/h2-12,16H,13-15H2,1H3,(H,28,30). The smallest absolute Gasteiger partial charge is 0.252 e. The molecule has 1 amide bonds. The van der Waals surface area contributed by atoms with Gasteiger partial charge >= 0.3 is 0 Å². The van der Waals surface area contributed by atoms with Crippen LogP contribution in [0.3, 0.4) is 0 Å². The van der Waals surface area contributed by atoms with Gasteiger partial charge in [-0.1, -0.05) is 30.3 Å². The minimum Gasteiger partial charge on any atom is -0.475 e. The third-order valence-electron chi connectivity index (χ3n) is 4.86. The molecule has 4 aromatic rings. The average molecular weight is 447 g/mol. The Balaban J connectivity index is 1.52. The SMILES string of the molecule is COCCOc1ncccc1CNC(=O)c1ccccc1-c1ncc(-c2ccccc2F)o1. The number of nitrogens with one attached hydrogen (secondary N) is 1. The number of methoxy groups -OCH3 is 1. The normalized spacial score (nSPS) is 10.7. The summed E-state index contributed by atoms with van der Waals surface area (Å²) < 4.78 is 30.5. The van der Waals surface area contributed by atoms with Gasteiger partial charge in [-0.3, -0.25) is 4.79 Å². The van der Waals surface area contributed by atoms with Crippen molar-refractivity contribution in [3.8, 4) is 28.7 Å². The fourth-order valence-corrected chi connectivity index (χ4v) is 3.23. The summed E-state index contributed by atoms with van der Waals surface area (Å²) in [4.78, 5) is 21.5. The lowest BCUT2D eigenvalue weighted by molar-refractivity contribution is 0.0950. The number of benzene rings is 2. The Morgan fingerprint density at radius 1 is 1.00 bits per heavy atom. The fraction of sp³-hybridized carbons (Fsp3) is 0.160. The molecule has 2 aromatic heterocycles. The summed E-state index contributed by atoms with van der Waals surface area (Å²) in [5.41, 5.74) is 1.92. The van der Waals surface area contributed by atoms with E-state index in [2.05, 4.69) is 15.3 Å². The molecule has 2 aromatic carbocycles. The van der Waals surface area contributed by atoms with Crippen molar-refractivity contribution >= 4 is 5.91 Å². The van der Waals surface area contributed by atoms with Crippen molar-refractivity contribution in [1.82, 2.24) is 15.3 Å². The topological polar surface area (TPSA) is 86.5 Å². The largest absolute Gasteiger partial charge is 0.475 e. The highest BCUT2D eigenvalue weighted by Crippen LogP contribution is 2.29. The fourth-order valence-electron chi connectivity index (χ4n) is 3.23. The van der Waals surface area contributed by atoms with Crippen molar-refractivity contribution in [3.63, 3.8) is 0 Å². The minimum atomic E-state index is -0.411. The summed E-state index contributed by atoms with van der Waals surface area (Å²) in [5, 5.41) is 2.88. The van der Waals surface area contributed by atoms with E-state index in [0.717, 1.165) is 5.56 Å². The van der Waals surface area contributed by atoms with Crippen molar-refractivity contribution in [3.05, 3.63) is 90.0 Å². The van der Waals surface area contributed by atoms with E-state index in [4.69, 9.17) is 13.9 Å². The first-order valence-electron chi connectivity index (χ1n) is 10.3. The van der Waals surface area contributed by atoms with E-state index in [1.807, 2.05) is 6.07 Å². The molecule has 0 spiro atoms. The second-order valence-corrected chi connectivity index (χ2v) is 7.05. The molecule has 0 unspecified atom stereocenters. The maximum absolute atomic E-state index is 14.1. The number of nitrogens with zero attached hydrogens (tertiary/aromatic N) is 2. The maximum Gasteiger partial charge on any atom is 0.252 e. The highest BCUT2D eigenvalue weighted by molar-refractivity contribution is 6.00. The summed E-state index contributed by atoms with van der Waals surface area (Å²) in [7, 11) is 1.59. The molecule has 1 N–H and O–H groups in total. The number of ether oxygens (including phenoxy) is 2. The van der Waals surface area contributed by atoms with Crippen LogP contribution in [-0.4, -0.2) is 36.2 Å². The van der Waals surface area contributed by atoms with E-state index in [9.17, 15) is 9.18 Å². The zero-order chi connectivity index (χ0) is 23.0. The van der Waals surface area contributed by atoms with Gasteiger partial charge in [-0.15, -0.1) is 0 Å². The van der Waals surface area contributed by atoms with Crippen LogP contribution in [-0.2, 0) is 11.3 Å². The zero-order valence-corrected chi connectivity index (χ0v) is 18.0. The molecular weight excluding hydrogens is 425 g/mol. The van der Waals surface area contributed by atoms with E-state index >= 15 is 0 Å². The number of pyridine rings is 1. The molecule has 0 aliphatic carbocycles. The van der Waals surface area contributed by atoms with Crippen molar-refractivity contribution in [1.29, 1.82) is 0 Å². The monoisotopic (exact) mass is 447 g/mol. The first-order chi connectivity index (χ1) is 16.2. The summed E-state index contributed by atoms with van der Waals surface area (Å²) in [5.74, 6) is 0.218. The predicted octanol–water partition coefficient (Wildman–Crippen LogP) is 4.50. The number of rotatable bonds is 9. The highest BCUT2D eigenvalue weighted by Gasteiger charge is 2.18. The quantitative estimate of drug-likeness (QED) is 0.380. The Morgan fingerprint density at radius 2 is 1.79 bits per heavy atom. The summed E-state index contributed by atoms with van der Waals surface area (Å²) in [6, 6.07) is 16.8. The summed E-state index contributed by atoms with van der Waals surface area (Å²) >= 11 is 0. The number of hydrogen-bond donors (Lipinski definition) is 1. The average Bonchev–Trinajstić information content (AvgIpc) is 3.33. The Hall–Kier alpha value is -4.04. The molecule has 0 aliphatic heterocycles. The highest BCUT2D eigenvalue weighted by atomic mass is 19.1. The molecule has 7 nitrogen and oxygen atoms in total. The van der Waals surface area contributed by atoms with Crippen LogP contribution in [0.2, 0.25) is 0 Å². The maximum atomic E-state index is 14.1. The third kappa shape index (κ3) is 5.24. The van der Waals surface area contributed by atoms with Gasteiger partial charge in [0.1, 0.15) is 12.4 Å². The number of aromatic nitrogens is 2. The van der Waals surface area contributed by atoms with E-state index in [0.29, 0.717) is 35.8 Å². The Bertz CT molecular complexity index is 1240. The van der Waals surface area contributed by atoms with Crippen molar-refractivity contribution in [2.75, 3.05) is 20.3 Å². The summed E-state index contributed by atoms with van der Waals surface area (Å²) in [6.07, 6.45) is 3.07. The van der Waals surface area contributed by atoms with Gasteiger partial charge in [0.15, 0.2) is 5.76 Å². The van der Waals surface area contributed by atoms with E-state index in [-0.39, 0.29) is 24.1 Å². The third-order valence-corrected chi connectivity index (χ3v) is 4.86. The van der Waals surface area contributed by atoms with Gasteiger partial charge in [0.05, 0.1) is 23.9 Å². The van der Waals surface area contributed by atoms with E-state index in [1.165, 1.54) is 12.3 Å². The van der Waals surface area contributed by atoms with Gasteiger partial charge in [0.25, 0.3) is 5.91 Å². The first-order valence-corrected chi connectivity index (χ1v) is 10.3. The molecule has 168 valence electrons. The Labute approximate surface area is 190 Å². The predicted molar refractivity (Wildman–Crippen MR) is 120 cm³/mol. The van der Waals surface area contributed by atoms with Gasteiger partial charge in [-0.2, -0.15) is 0 Å². The van der Waals surface area contributed by atoms with E-state index in [1.54, 1.807) is 61.8 Å². The van der Waals surface area contributed by atoms with Gasteiger partial charge in [0.2, 0.25) is 11.8 Å². The van der Waals surface area contributed by atoms with Crippen LogP contribution in [0.25, 0.3) is 22.8 Å². The second-order valence-electron chi connectivity index (χ2n) is 7.05. The number of hydrogen-bond acceptors (Lipinski definition) is 6. The van der Waals surface area contributed by atoms with Crippen molar-refractivity contribution in [2.24, 2.45) is 0 Å². The Morgan fingerprint density at radius 3 is 2.61 bits per heavy atom. The molecular formula is C25H22FN3O4. The molecule has 0 radical (unpaired) electrons. The lowest BCUT2D eigenvalue weighted by atomic mass is 10.1. The molecule has 0 bridgehead atoms. The molecule has 2 heterocycles. The van der Waals surface area contributed by atoms with Crippen LogP contribution >= 0.6 is 0 Å². The summed E-state index contributed by atoms with van der Waals surface area (Å²) in [6.45, 7) is 1.00. The zero-order valence-electron chi connectivity index (χ0n) is 18.0. The van der Waals surface area contributed by atoms with Gasteiger partial charge in [-0.25, -0.2) is 14.4 Å². The molecule has 0 fully saturated rings. The minimum absolute atomic E-state index is 0.218. The van der Waals surface area contributed by atoms with Crippen LogP contribution in [0.5, 0.6) is 5.88 Å². The Kier molecular flexibility index (Phi) is 7.06. The number of oxazole rings is 1. The van der Waals surface area contributed by atoms with Crippen molar-refractivity contribution in [2.45, 2.75) is 6.54 Å². The molecule has 8 heteroatoms. The number of amides is 1.